The molecule has 0 saturated heterocycles. The minimum Gasteiger partial charge on any atom is -0.446 e. The smallest absolute Gasteiger partial charge is 0.122 e. The van der Waals surface area contributed by atoms with E-state index in [1.807, 2.05) is 6.92 Å². The van der Waals surface area contributed by atoms with Crippen molar-refractivity contribution in [1.82, 2.24) is 0 Å². The highest BCUT2D eigenvalue weighted by atomic mass is 79.9. The van der Waals surface area contributed by atoms with Crippen LogP contribution >= 0.6 is 15.9 Å². The van der Waals surface area contributed by atoms with Gasteiger partial charge >= 0.3 is 0 Å². The van der Waals surface area contributed by atoms with Crippen molar-refractivity contribution in [2.24, 2.45) is 0 Å². The van der Waals surface area contributed by atoms with Gasteiger partial charge in [0.25, 0.3) is 0 Å². The lowest BCUT2D eigenvalue weighted by Gasteiger charge is -1.80. The summed E-state index contributed by atoms with van der Waals surface area (Å²) < 4.78 is 4.57. The summed E-state index contributed by atoms with van der Waals surface area (Å²) in [5.41, 5.74) is 0. The molecule has 0 aliphatic rings. The predicted molar refractivity (Wildman–Crippen MR) is 28.3 cm³/mol. The number of halogens is 1. The van der Waals surface area contributed by atoms with Crippen LogP contribution in [-0.4, -0.2) is 6.61 Å². The van der Waals surface area contributed by atoms with E-state index in [4.69, 9.17) is 0 Å². The third-order valence-corrected chi connectivity index (χ3v) is 0.417. The Bertz CT molecular complexity index is 69.4. The quantitative estimate of drug-likeness (QED) is 0.511. The summed E-state index contributed by atoms with van der Waals surface area (Å²) in [5.74, 6) is 0. The number of hydrogen-bond acceptors (Lipinski definition) is 1. The van der Waals surface area contributed by atoms with Gasteiger partial charge in [0.2, 0.25) is 0 Å². The van der Waals surface area contributed by atoms with E-state index in [0.29, 0.717) is 6.61 Å². The molecule has 0 bridgehead atoms. The molecule has 0 radical (unpaired) electrons. The zero-order valence-electron chi connectivity index (χ0n) is 3.49. The van der Waals surface area contributed by atoms with E-state index in [0.717, 1.165) is 0 Å². The molecular weight excluding hydrogens is 144 g/mol. The van der Waals surface area contributed by atoms with Crippen LogP contribution in [0.3, 0.4) is 0 Å². The molecule has 0 fully saturated rings. The molecule has 0 saturated carbocycles. The molecule has 0 aromatic heterocycles. The molecule has 34 valence electrons. The summed E-state index contributed by atoms with van der Waals surface area (Å²) in [6, 6.07) is 0. The van der Waals surface area contributed by atoms with E-state index in [2.05, 4.69) is 31.6 Å². The summed E-state index contributed by atoms with van der Waals surface area (Å²) in [6.45, 7) is 2.54. The van der Waals surface area contributed by atoms with Crippen LogP contribution in [0.25, 0.3) is 0 Å². The van der Waals surface area contributed by atoms with Crippen LogP contribution in [0.4, 0.5) is 0 Å². The Labute approximate surface area is 45.8 Å². The molecule has 0 N–H and O–H groups in total. The molecule has 0 unspecified atom stereocenters. The summed E-state index contributed by atoms with van der Waals surface area (Å²) in [7, 11) is 0. The Morgan fingerprint density at radius 3 is 2.67 bits per heavy atom. The fraction of sp³-hybridized carbons (Fsp3) is 0.500. The molecule has 0 heterocycles. The molecule has 0 rings (SSSR count). The van der Waals surface area contributed by atoms with Crippen LogP contribution in [0.2, 0.25) is 0 Å². The average molecular weight is 149 g/mol. The normalized spacial score (nSPS) is 5.67. The zero-order chi connectivity index (χ0) is 4.83. The van der Waals surface area contributed by atoms with Gasteiger partial charge in [-0.05, 0) is 6.92 Å². The highest BCUT2D eigenvalue weighted by Crippen LogP contribution is 1.70. The maximum absolute atomic E-state index is 4.57. The monoisotopic (exact) mass is 148 g/mol. The molecule has 1 nitrogen and oxygen atoms in total. The molecule has 0 aliphatic heterocycles. The van der Waals surface area contributed by atoms with E-state index < -0.39 is 0 Å². The van der Waals surface area contributed by atoms with Gasteiger partial charge in [-0.1, -0.05) is 0 Å². The van der Waals surface area contributed by atoms with E-state index >= 15 is 0 Å². The molecule has 6 heavy (non-hydrogen) atoms. The molecule has 0 aliphatic carbocycles. The third-order valence-electron chi connectivity index (χ3n) is 0.255. The fourth-order valence-electron chi connectivity index (χ4n) is 0.0994. The van der Waals surface area contributed by atoms with Gasteiger partial charge in [-0.15, -0.1) is 0 Å². The van der Waals surface area contributed by atoms with Gasteiger partial charge in [-0.2, -0.15) is 0 Å². The average Bonchev–Trinajstić information content (AvgIpc) is 1.61. The van der Waals surface area contributed by atoms with Gasteiger partial charge in [0.1, 0.15) is 6.11 Å². The second kappa shape index (κ2) is 4.84. The maximum atomic E-state index is 4.57. The van der Waals surface area contributed by atoms with E-state index in [1.165, 1.54) is 0 Å². The van der Waals surface area contributed by atoms with Gasteiger partial charge in [0.15, 0.2) is 0 Å². The van der Waals surface area contributed by atoms with Crippen LogP contribution in [0.15, 0.2) is 0 Å². The highest BCUT2D eigenvalue weighted by molar-refractivity contribution is 9.12. The Balaban J connectivity index is 2.79. The molecule has 0 amide bonds. The van der Waals surface area contributed by atoms with Crippen LogP contribution in [0, 0.1) is 10.9 Å². The van der Waals surface area contributed by atoms with Crippen molar-refractivity contribution in [2.45, 2.75) is 6.92 Å². The number of ether oxygens (including phenoxy) is 1. The van der Waals surface area contributed by atoms with Gasteiger partial charge < -0.3 is 4.74 Å². The SMILES string of the molecule is CCOC#CBr. The number of hydrogen-bond donors (Lipinski definition) is 0. The zero-order valence-corrected chi connectivity index (χ0v) is 5.08. The van der Waals surface area contributed by atoms with Crippen LogP contribution in [0.5, 0.6) is 0 Å². The predicted octanol–water partition coefficient (Wildman–Crippen LogP) is 1.34. The van der Waals surface area contributed by atoms with Crippen molar-refractivity contribution in [1.29, 1.82) is 0 Å². The lowest BCUT2D eigenvalue weighted by molar-refractivity contribution is 0.299. The van der Waals surface area contributed by atoms with Crippen molar-refractivity contribution < 1.29 is 4.74 Å². The lowest BCUT2D eigenvalue weighted by atomic mass is 10.9. The van der Waals surface area contributed by atoms with Crippen molar-refractivity contribution in [2.75, 3.05) is 6.61 Å². The first kappa shape index (κ1) is 5.84. The summed E-state index contributed by atoms with van der Waals surface area (Å²) >= 11 is 2.86. The Hall–Kier alpha value is -0.160. The molecule has 0 aromatic rings. The van der Waals surface area contributed by atoms with E-state index in [-0.39, 0.29) is 0 Å². The fourth-order valence-corrected chi connectivity index (χ4v) is 0.214. The molecule has 0 spiro atoms. The van der Waals surface area contributed by atoms with Crippen LogP contribution in [0.1, 0.15) is 6.92 Å². The van der Waals surface area contributed by atoms with Crippen molar-refractivity contribution in [3.63, 3.8) is 0 Å². The maximum Gasteiger partial charge on any atom is 0.122 e. The van der Waals surface area contributed by atoms with Crippen LogP contribution in [-0.2, 0) is 4.74 Å². The first-order valence-corrected chi connectivity index (χ1v) is 2.43. The molecule has 0 aromatic carbocycles. The summed E-state index contributed by atoms with van der Waals surface area (Å²) in [6.07, 6.45) is 2.36. The minimum atomic E-state index is 0.651. The third kappa shape index (κ3) is 3.84. The van der Waals surface area contributed by atoms with E-state index in [1.54, 1.807) is 0 Å². The Morgan fingerprint density at radius 2 is 2.50 bits per heavy atom. The highest BCUT2D eigenvalue weighted by Gasteiger charge is 1.59. The van der Waals surface area contributed by atoms with Crippen LogP contribution < -0.4 is 0 Å². The summed E-state index contributed by atoms with van der Waals surface area (Å²) in [4.78, 5) is 2.41. The number of rotatable bonds is 1. The second-order valence-electron chi connectivity index (χ2n) is 0.630. The van der Waals surface area contributed by atoms with E-state index in [9.17, 15) is 0 Å². The Morgan fingerprint density at radius 1 is 1.83 bits per heavy atom. The van der Waals surface area contributed by atoms with Gasteiger partial charge in [0, 0.05) is 20.8 Å². The molecule has 2 heteroatoms. The molecular formula is C4H5BrO. The first-order valence-electron chi connectivity index (χ1n) is 1.64. The van der Waals surface area contributed by atoms with Crippen molar-refractivity contribution in [3.8, 4) is 10.9 Å². The van der Waals surface area contributed by atoms with Gasteiger partial charge in [0.05, 0.1) is 6.61 Å². The van der Waals surface area contributed by atoms with Crippen molar-refractivity contribution in [3.05, 3.63) is 0 Å². The second-order valence-corrected chi connectivity index (χ2v) is 1.03. The minimum absolute atomic E-state index is 0.651. The lowest BCUT2D eigenvalue weighted by Crippen LogP contribution is -1.74. The Kier molecular flexibility index (Phi) is 4.71. The standard InChI is InChI=1S/C4H5BrO/c1-2-6-4-3-5/h2H2,1H3. The first-order chi connectivity index (χ1) is 2.91. The molecule has 0 atom stereocenters. The van der Waals surface area contributed by atoms with Gasteiger partial charge in [-0.3, -0.25) is 0 Å². The van der Waals surface area contributed by atoms with Crippen molar-refractivity contribution >= 4 is 15.9 Å². The topological polar surface area (TPSA) is 9.23 Å². The van der Waals surface area contributed by atoms with Gasteiger partial charge in [-0.25, -0.2) is 0 Å². The summed E-state index contributed by atoms with van der Waals surface area (Å²) in [5, 5.41) is 0. The largest absolute Gasteiger partial charge is 0.446 e.